The molecule has 2 aromatic carbocycles. The zero-order valence-electron chi connectivity index (χ0n) is 14.3. The van der Waals surface area contributed by atoms with E-state index < -0.39 is 0 Å². The average molecular weight is 355 g/mol. The van der Waals surface area contributed by atoms with Crippen LogP contribution in [0.1, 0.15) is 39.6 Å². The maximum absolute atomic E-state index is 12.3. The lowest BCUT2D eigenvalue weighted by atomic mass is 10.1. The van der Waals surface area contributed by atoms with E-state index >= 15 is 0 Å². The number of thiocarbonyl (C=S) groups is 1. The van der Waals surface area contributed by atoms with E-state index in [-0.39, 0.29) is 16.9 Å². The Labute approximate surface area is 152 Å². The van der Waals surface area contributed by atoms with E-state index in [0.29, 0.717) is 23.4 Å². The second kappa shape index (κ2) is 8.94. The van der Waals surface area contributed by atoms with Gasteiger partial charge in [-0.2, -0.15) is 0 Å². The van der Waals surface area contributed by atoms with E-state index in [2.05, 4.69) is 16.0 Å². The minimum atomic E-state index is -0.288. The number of amides is 2. The van der Waals surface area contributed by atoms with Gasteiger partial charge in [-0.3, -0.25) is 14.9 Å². The van der Waals surface area contributed by atoms with Gasteiger partial charge in [0.1, 0.15) is 0 Å². The lowest BCUT2D eigenvalue weighted by molar-refractivity contribution is 0.0952. The third-order valence-electron chi connectivity index (χ3n) is 3.57. The minimum Gasteiger partial charge on any atom is -0.352 e. The van der Waals surface area contributed by atoms with Crippen LogP contribution in [0, 0.1) is 6.92 Å². The summed E-state index contributed by atoms with van der Waals surface area (Å²) in [5, 5.41) is 8.54. The summed E-state index contributed by atoms with van der Waals surface area (Å²) in [5.41, 5.74) is 2.44. The van der Waals surface area contributed by atoms with Crippen LogP contribution in [-0.2, 0) is 0 Å². The van der Waals surface area contributed by atoms with Gasteiger partial charge in [0.15, 0.2) is 5.11 Å². The van der Waals surface area contributed by atoms with Crippen molar-refractivity contribution in [2.75, 3.05) is 11.9 Å². The molecule has 2 rings (SSSR count). The highest BCUT2D eigenvalue weighted by Gasteiger charge is 2.13. The van der Waals surface area contributed by atoms with Gasteiger partial charge in [0.05, 0.1) is 11.3 Å². The first-order chi connectivity index (χ1) is 12.0. The Kier molecular flexibility index (Phi) is 6.65. The second-order valence-corrected chi connectivity index (χ2v) is 5.93. The zero-order chi connectivity index (χ0) is 18.2. The SMILES string of the molecule is CCCNC(=O)c1ccccc1NC(=S)NC(=O)c1ccccc1C. The summed E-state index contributed by atoms with van der Waals surface area (Å²) in [7, 11) is 0. The van der Waals surface area contributed by atoms with Gasteiger partial charge in [0, 0.05) is 12.1 Å². The van der Waals surface area contributed by atoms with Crippen LogP contribution in [0.25, 0.3) is 0 Å². The summed E-state index contributed by atoms with van der Waals surface area (Å²) in [4.78, 5) is 24.5. The van der Waals surface area contributed by atoms with E-state index in [4.69, 9.17) is 12.2 Å². The molecule has 0 heterocycles. The number of hydrogen-bond acceptors (Lipinski definition) is 3. The minimum absolute atomic E-state index is 0.143. The van der Waals surface area contributed by atoms with Gasteiger partial charge in [0.25, 0.3) is 11.8 Å². The third-order valence-corrected chi connectivity index (χ3v) is 3.78. The maximum atomic E-state index is 12.3. The molecule has 0 radical (unpaired) electrons. The number of hydrogen-bond donors (Lipinski definition) is 3. The van der Waals surface area contributed by atoms with Crippen LogP contribution in [0.3, 0.4) is 0 Å². The first-order valence-electron chi connectivity index (χ1n) is 8.08. The van der Waals surface area contributed by atoms with Crippen molar-refractivity contribution in [1.82, 2.24) is 10.6 Å². The maximum Gasteiger partial charge on any atom is 0.257 e. The van der Waals surface area contributed by atoms with Crippen molar-refractivity contribution in [2.45, 2.75) is 20.3 Å². The molecule has 0 spiro atoms. The van der Waals surface area contributed by atoms with Crippen molar-refractivity contribution in [3.05, 3.63) is 65.2 Å². The molecular weight excluding hydrogens is 334 g/mol. The van der Waals surface area contributed by atoms with E-state index in [9.17, 15) is 9.59 Å². The van der Waals surface area contributed by atoms with Crippen LogP contribution in [0.2, 0.25) is 0 Å². The zero-order valence-corrected chi connectivity index (χ0v) is 15.1. The van der Waals surface area contributed by atoms with Crippen LogP contribution < -0.4 is 16.0 Å². The largest absolute Gasteiger partial charge is 0.352 e. The van der Waals surface area contributed by atoms with Crippen LogP contribution >= 0.6 is 12.2 Å². The molecule has 0 unspecified atom stereocenters. The Bertz CT molecular complexity index is 790. The van der Waals surface area contributed by atoms with E-state index in [0.717, 1.165) is 12.0 Å². The summed E-state index contributed by atoms with van der Waals surface area (Å²) in [6, 6.07) is 14.3. The number of carbonyl (C=O) groups is 2. The van der Waals surface area contributed by atoms with Crippen molar-refractivity contribution >= 4 is 34.8 Å². The Morgan fingerprint density at radius 1 is 0.960 bits per heavy atom. The number of para-hydroxylation sites is 1. The quantitative estimate of drug-likeness (QED) is 0.720. The topological polar surface area (TPSA) is 70.2 Å². The molecule has 5 nitrogen and oxygen atoms in total. The van der Waals surface area contributed by atoms with E-state index in [1.54, 1.807) is 36.4 Å². The second-order valence-electron chi connectivity index (χ2n) is 5.52. The molecule has 0 atom stereocenters. The molecule has 0 saturated carbocycles. The molecule has 0 aromatic heterocycles. The van der Waals surface area contributed by atoms with Crippen molar-refractivity contribution in [2.24, 2.45) is 0 Å². The van der Waals surface area contributed by atoms with Gasteiger partial charge in [-0.1, -0.05) is 37.3 Å². The molecule has 2 aromatic rings. The van der Waals surface area contributed by atoms with Crippen LogP contribution in [-0.4, -0.2) is 23.5 Å². The summed E-state index contributed by atoms with van der Waals surface area (Å²) >= 11 is 5.21. The summed E-state index contributed by atoms with van der Waals surface area (Å²) in [5.74, 6) is -0.471. The Hall–Kier alpha value is -2.73. The Morgan fingerprint density at radius 2 is 1.60 bits per heavy atom. The number of carbonyl (C=O) groups excluding carboxylic acids is 2. The molecule has 0 aliphatic rings. The third kappa shape index (κ3) is 5.12. The molecule has 25 heavy (non-hydrogen) atoms. The predicted molar refractivity (Wildman–Crippen MR) is 104 cm³/mol. The molecule has 3 N–H and O–H groups in total. The number of rotatable bonds is 5. The first kappa shape index (κ1) is 18.6. The highest BCUT2D eigenvalue weighted by Crippen LogP contribution is 2.15. The van der Waals surface area contributed by atoms with Crippen LogP contribution in [0.4, 0.5) is 5.69 Å². The number of nitrogens with one attached hydrogen (secondary N) is 3. The summed E-state index contributed by atoms with van der Waals surface area (Å²) in [6.07, 6.45) is 0.853. The monoisotopic (exact) mass is 355 g/mol. The van der Waals surface area contributed by atoms with Gasteiger partial charge in [-0.05, 0) is 49.3 Å². The highest BCUT2D eigenvalue weighted by atomic mass is 32.1. The normalized spacial score (nSPS) is 10.0. The summed E-state index contributed by atoms with van der Waals surface area (Å²) in [6.45, 7) is 4.45. The first-order valence-corrected chi connectivity index (χ1v) is 8.49. The van der Waals surface area contributed by atoms with Crippen LogP contribution in [0.5, 0.6) is 0 Å². The standard InChI is InChI=1S/C19H21N3O2S/c1-3-12-20-17(23)15-10-6-7-11-16(15)21-19(25)22-18(24)14-9-5-4-8-13(14)2/h4-11H,3,12H2,1-2H3,(H,20,23)(H2,21,22,24,25). The number of aryl methyl sites for hydroxylation is 1. The average Bonchev–Trinajstić information content (AvgIpc) is 2.60. The molecule has 2 amide bonds. The fraction of sp³-hybridized carbons (Fsp3) is 0.211. The highest BCUT2D eigenvalue weighted by molar-refractivity contribution is 7.80. The molecule has 0 bridgehead atoms. The van der Waals surface area contributed by atoms with Gasteiger partial charge in [-0.25, -0.2) is 0 Å². The van der Waals surface area contributed by atoms with Gasteiger partial charge >= 0.3 is 0 Å². The lowest BCUT2D eigenvalue weighted by Gasteiger charge is -2.14. The molecule has 0 aliphatic heterocycles. The van der Waals surface area contributed by atoms with Gasteiger partial charge in [0.2, 0.25) is 0 Å². The molecule has 0 aliphatic carbocycles. The van der Waals surface area contributed by atoms with Gasteiger partial charge < -0.3 is 10.6 Å². The van der Waals surface area contributed by atoms with Crippen molar-refractivity contribution in [1.29, 1.82) is 0 Å². The van der Waals surface area contributed by atoms with Crippen molar-refractivity contribution in [3.8, 4) is 0 Å². The predicted octanol–water partition coefficient (Wildman–Crippen LogP) is 3.26. The molecule has 0 saturated heterocycles. The number of anilines is 1. The lowest BCUT2D eigenvalue weighted by Crippen LogP contribution is -2.35. The molecular formula is C19H21N3O2S. The van der Waals surface area contributed by atoms with Crippen molar-refractivity contribution < 1.29 is 9.59 Å². The number of benzene rings is 2. The fourth-order valence-electron chi connectivity index (χ4n) is 2.28. The smallest absolute Gasteiger partial charge is 0.257 e. The fourth-order valence-corrected chi connectivity index (χ4v) is 2.48. The molecule has 6 heteroatoms. The van der Waals surface area contributed by atoms with Crippen molar-refractivity contribution in [3.63, 3.8) is 0 Å². The Morgan fingerprint density at radius 3 is 2.28 bits per heavy atom. The van der Waals surface area contributed by atoms with Gasteiger partial charge in [-0.15, -0.1) is 0 Å². The van der Waals surface area contributed by atoms with E-state index in [1.807, 2.05) is 26.0 Å². The molecule has 0 fully saturated rings. The Balaban J connectivity index is 2.07. The van der Waals surface area contributed by atoms with E-state index in [1.165, 1.54) is 0 Å². The molecule has 130 valence electrons. The van der Waals surface area contributed by atoms with Crippen LogP contribution in [0.15, 0.2) is 48.5 Å². The summed E-state index contributed by atoms with van der Waals surface area (Å²) < 4.78 is 0.